The Balaban J connectivity index is 0.00000144. The minimum atomic E-state index is -0.0368. The van der Waals surface area contributed by atoms with Crippen LogP contribution in [0.25, 0.3) is 0 Å². The molecule has 1 aromatic rings. The minimum Gasteiger partial charge on any atom is -0.351 e. The van der Waals surface area contributed by atoms with E-state index in [1.165, 1.54) is 12.8 Å². The van der Waals surface area contributed by atoms with Gasteiger partial charge in [0.05, 0.1) is 5.69 Å². The summed E-state index contributed by atoms with van der Waals surface area (Å²) in [4.78, 5) is 15.9. The van der Waals surface area contributed by atoms with Gasteiger partial charge in [0.25, 0.3) is 5.91 Å². The number of nitrogens with two attached hydrogens (primary N) is 1. The van der Waals surface area contributed by atoms with Gasteiger partial charge < -0.3 is 11.1 Å². The van der Waals surface area contributed by atoms with E-state index < -0.39 is 0 Å². The highest BCUT2D eigenvalue weighted by Crippen LogP contribution is 2.44. The fourth-order valence-electron chi connectivity index (χ4n) is 1.52. The van der Waals surface area contributed by atoms with Crippen molar-refractivity contribution in [3.63, 3.8) is 0 Å². The predicted molar refractivity (Wildman–Crippen MR) is 69.1 cm³/mol. The summed E-state index contributed by atoms with van der Waals surface area (Å²) in [6.07, 6.45) is 4.03. The van der Waals surface area contributed by atoms with Gasteiger partial charge in [-0.25, -0.2) is 0 Å². The lowest BCUT2D eigenvalue weighted by Gasteiger charge is -2.10. The molecule has 0 saturated heterocycles. The summed E-state index contributed by atoms with van der Waals surface area (Å²) in [6.45, 7) is 3.30. The first kappa shape index (κ1) is 13.9. The first-order valence-corrected chi connectivity index (χ1v) is 5.56. The van der Waals surface area contributed by atoms with Gasteiger partial charge in [-0.1, -0.05) is 6.92 Å². The van der Waals surface area contributed by atoms with Crippen molar-refractivity contribution in [1.82, 2.24) is 10.3 Å². The van der Waals surface area contributed by atoms with Crippen LogP contribution in [-0.4, -0.2) is 17.4 Å². The Bertz CT molecular complexity index is 404. The highest BCUT2D eigenvalue weighted by atomic mass is 35.5. The van der Waals surface area contributed by atoms with Crippen LogP contribution in [0.2, 0.25) is 0 Å². The Morgan fingerprint density at radius 2 is 2.29 bits per heavy atom. The summed E-state index contributed by atoms with van der Waals surface area (Å²) in [5.41, 5.74) is 7.19. The molecule has 0 radical (unpaired) electrons. The van der Waals surface area contributed by atoms with Crippen molar-refractivity contribution in [2.45, 2.75) is 26.3 Å². The Morgan fingerprint density at radius 1 is 1.59 bits per heavy atom. The molecule has 1 heterocycles. The van der Waals surface area contributed by atoms with Gasteiger partial charge in [0.15, 0.2) is 0 Å². The van der Waals surface area contributed by atoms with Gasteiger partial charge in [0.1, 0.15) is 0 Å². The van der Waals surface area contributed by atoms with Crippen molar-refractivity contribution >= 4 is 18.3 Å². The molecule has 1 fully saturated rings. The summed E-state index contributed by atoms with van der Waals surface area (Å²) in [5.74, 6) is -0.0368. The normalized spacial score (nSPS) is 15.9. The molecule has 0 spiro atoms. The molecule has 1 saturated carbocycles. The van der Waals surface area contributed by atoms with Crippen LogP contribution in [0.1, 0.15) is 35.8 Å². The molecule has 4 nitrogen and oxygen atoms in total. The van der Waals surface area contributed by atoms with Crippen molar-refractivity contribution in [1.29, 1.82) is 0 Å². The van der Waals surface area contributed by atoms with Crippen LogP contribution in [0, 0.1) is 5.41 Å². The number of pyridine rings is 1. The molecular formula is C12H18ClN3O. The Morgan fingerprint density at radius 3 is 2.88 bits per heavy atom. The van der Waals surface area contributed by atoms with Crippen LogP contribution in [-0.2, 0) is 6.54 Å². The Hall–Kier alpha value is -1.13. The molecule has 0 atom stereocenters. The number of carbonyl (C=O) groups excluding carboxylic acids is 1. The monoisotopic (exact) mass is 255 g/mol. The van der Waals surface area contributed by atoms with Gasteiger partial charge in [-0.15, -0.1) is 12.4 Å². The molecule has 1 aromatic heterocycles. The largest absolute Gasteiger partial charge is 0.351 e. The maximum absolute atomic E-state index is 11.8. The van der Waals surface area contributed by atoms with E-state index >= 15 is 0 Å². The fourth-order valence-corrected chi connectivity index (χ4v) is 1.52. The van der Waals surface area contributed by atoms with E-state index in [1.807, 2.05) is 0 Å². The molecule has 2 rings (SSSR count). The van der Waals surface area contributed by atoms with Crippen LogP contribution in [0.15, 0.2) is 18.3 Å². The first-order chi connectivity index (χ1) is 7.63. The predicted octanol–water partition coefficient (Wildman–Crippen LogP) is 1.49. The van der Waals surface area contributed by atoms with Crippen LogP contribution in [0.3, 0.4) is 0 Å². The molecule has 1 amide bonds. The summed E-state index contributed by atoms with van der Waals surface area (Å²) in [5, 5.41) is 2.95. The van der Waals surface area contributed by atoms with Gasteiger partial charge in [-0.2, -0.15) is 0 Å². The number of hydrogen-bond donors (Lipinski definition) is 2. The van der Waals surface area contributed by atoms with E-state index in [2.05, 4.69) is 17.2 Å². The standard InChI is InChI=1S/C12H17N3O.ClH/c1-12(3-4-12)8-15-11(16)9-2-5-14-10(6-9)7-13;/h2,5-6H,3-4,7-8,13H2,1H3,(H,15,16);1H. The maximum Gasteiger partial charge on any atom is 0.251 e. The second kappa shape index (κ2) is 5.47. The average Bonchev–Trinajstić information content (AvgIpc) is 3.05. The zero-order valence-electron chi connectivity index (χ0n) is 9.90. The third-order valence-corrected chi connectivity index (χ3v) is 3.07. The minimum absolute atomic E-state index is 0. The van der Waals surface area contributed by atoms with Crippen molar-refractivity contribution in [3.05, 3.63) is 29.6 Å². The van der Waals surface area contributed by atoms with Crippen molar-refractivity contribution < 1.29 is 4.79 Å². The third-order valence-electron chi connectivity index (χ3n) is 3.07. The zero-order chi connectivity index (χ0) is 11.6. The van der Waals surface area contributed by atoms with E-state index in [1.54, 1.807) is 18.3 Å². The molecule has 0 bridgehead atoms. The highest BCUT2D eigenvalue weighted by Gasteiger charge is 2.37. The summed E-state index contributed by atoms with van der Waals surface area (Å²) in [7, 11) is 0. The summed E-state index contributed by atoms with van der Waals surface area (Å²) < 4.78 is 0. The van der Waals surface area contributed by atoms with Crippen LogP contribution >= 0.6 is 12.4 Å². The highest BCUT2D eigenvalue weighted by molar-refractivity contribution is 5.94. The first-order valence-electron chi connectivity index (χ1n) is 5.56. The van der Waals surface area contributed by atoms with Gasteiger partial charge in [-0.05, 0) is 30.4 Å². The zero-order valence-corrected chi connectivity index (χ0v) is 10.7. The molecule has 0 aliphatic heterocycles. The second-order valence-corrected chi connectivity index (χ2v) is 4.73. The quantitative estimate of drug-likeness (QED) is 0.857. The van der Waals surface area contributed by atoms with Crippen LogP contribution in [0.4, 0.5) is 0 Å². The number of nitrogens with one attached hydrogen (secondary N) is 1. The molecule has 0 unspecified atom stereocenters. The number of carbonyl (C=O) groups is 1. The SMILES string of the molecule is CC1(CNC(=O)c2ccnc(CN)c2)CC1.Cl. The summed E-state index contributed by atoms with van der Waals surface area (Å²) >= 11 is 0. The van der Waals surface area contributed by atoms with Crippen molar-refractivity contribution in [2.24, 2.45) is 11.1 Å². The van der Waals surface area contributed by atoms with Gasteiger partial charge >= 0.3 is 0 Å². The molecule has 94 valence electrons. The van der Waals surface area contributed by atoms with Crippen LogP contribution in [0.5, 0.6) is 0 Å². The lowest BCUT2D eigenvalue weighted by molar-refractivity contribution is 0.0946. The van der Waals surface area contributed by atoms with Gasteiger partial charge in [0.2, 0.25) is 0 Å². The smallest absolute Gasteiger partial charge is 0.251 e. The van der Waals surface area contributed by atoms with E-state index in [-0.39, 0.29) is 18.3 Å². The lowest BCUT2D eigenvalue weighted by atomic mass is 10.1. The van der Waals surface area contributed by atoms with E-state index in [0.29, 0.717) is 17.5 Å². The van der Waals surface area contributed by atoms with E-state index in [9.17, 15) is 4.79 Å². The number of rotatable bonds is 4. The number of amides is 1. The number of hydrogen-bond acceptors (Lipinski definition) is 3. The maximum atomic E-state index is 11.8. The van der Waals surface area contributed by atoms with Gasteiger partial charge in [-0.3, -0.25) is 9.78 Å². The molecule has 0 aromatic carbocycles. The molecule has 17 heavy (non-hydrogen) atoms. The molecule has 3 N–H and O–H groups in total. The topological polar surface area (TPSA) is 68.0 Å². The van der Waals surface area contributed by atoms with Gasteiger partial charge in [0, 0.05) is 24.8 Å². The van der Waals surface area contributed by atoms with Crippen molar-refractivity contribution in [3.8, 4) is 0 Å². The number of nitrogens with zero attached hydrogens (tertiary/aromatic N) is 1. The average molecular weight is 256 g/mol. The third kappa shape index (κ3) is 3.68. The number of halogens is 1. The number of aromatic nitrogens is 1. The molecule has 1 aliphatic carbocycles. The second-order valence-electron chi connectivity index (χ2n) is 4.73. The molecule has 1 aliphatic rings. The fraction of sp³-hybridized carbons (Fsp3) is 0.500. The molecular weight excluding hydrogens is 238 g/mol. The van der Waals surface area contributed by atoms with E-state index in [4.69, 9.17) is 5.73 Å². The lowest BCUT2D eigenvalue weighted by Crippen LogP contribution is -2.29. The molecule has 5 heteroatoms. The Kier molecular flexibility index (Phi) is 4.48. The van der Waals surface area contributed by atoms with Crippen molar-refractivity contribution in [2.75, 3.05) is 6.54 Å². The summed E-state index contributed by atoms with van der Waals surface area (Å²) in [6, 6.07) is 3.45. The van der Waals surface area contributed by atoms with E-state index in [0.717, 1.165) is 12.2 Å². The Labute approximate surface area is 107 Å². The van der Waals surface area contributed by atoms with Crippen LogP contribution < -0.4 is 11.1 Å².